The van der Waals surface area contributed by atoms with Crippen molar-refractivity contribution in [2.75, 3.05) is 25.3 Å². The molecule has 1 aliphatic carbocycles. The van der Waals surface area contributed by atoms with Crippen molar-refractivity contribution in [3.63, 3.8) is 0 Å². The van der Waals surface area contributed by atoms with E-state index in [0.717, 1.165) is 17.8 Å². The number of hydrogen-bond donors (Lipinski definition) is 2. The van der Waals surface area contributed by atoms with Gasteiger partial charge in [-0.2, -0.15) is 11.8 Å². The van der Waals surface area contributed by atoms with Crippen LogP contribution in [0.15, 0.2) is 18.3 Å². The fourth-order valence-electron chi connectivity index (χ4n) is 2.91. The normalized spacial score (nSPS) is 21.2. The summed E-state index contributed by atoms with van der Waals surface area (Å²) in [5.74, 6) is 0.891. The van der Waals surface area contributed by atoms with Gasteiger partial charge < -0.3 is 15.5 Å². The minimum atomic E-state index is -0.0838. The van der Waals surface area contributed by atoms with Gasteiger partial charge in [-0.05, 0) is 25.2 Å². The molecule has 0 saturated heterocycles. The van der Waals surface area contributed by atoms with E-state index in [9.17, 15) is 4.79 Å². The second kappa shape index (κ2) is 8.27. The van der Waals surface area contributed by atoms with Gasteiger partial charge in [-0.15, -0.1) is 0 Å². The molecule has 22 heavy (non-hydrogen) atoms. The van der Waals surface area contributed by atoms with E-state index >= 15 is 0 Å². The molecule has 0 unspecified atom stereocenters. The Morgan fingerprint density at radius 3 is 2.91 bits per heavy atom. The summed E-state index contributed by atoms with van der Waals surface area (Å²) in [6, 6.07) is 4.09. The third-order valence-corrected chi connectivity index (χ3v) is 5.22. The van der Waals surface area contributed by atoms with Crippen molar-refractivity contribution in [3.8, 4) is 0 Å². The standard InChI is InChI=1S/C16H26N4OS/c1-20(2)15-12(7-6-10-17-15)11-18-16(21)19-13-8-4-5-9-14(13)22-3/h6-7,10,13-14H,4-5,8-9,11H2,1-3H3,(H2,18,19,21)/t13-,14+/m1/s1. The molecule has 1 saturated carbocycles. The number of nitrogens with zero attached hydrogens (tertiary/aromatic N) is 2. The molecule has 122 valence electrons. The smallest absolute Gasteiger partial charge is 0.315 e. The van der Waals surface area contributed by atoms with Crippen LogP contribution in [0.4, 0.5) is 10.6 Å². The highest BCUT2D eigenvalue weighted by molar-refractivity contribution is 7.99. The molecule has 0 radical (unpaired) electrons. The highest BCUT2D eigenvalue weighted by Gasteiger charge is 2.25. The van der Waals surface area contributed by atoms with Gasteiger partial charge in [0, 0.05) is 43.7 Å². The third kappa shape index (κ3) is 4.53. The number of aromatic nitrogens is 1. The van der Waals surface area contributed by atoms with Crippen LogP contribution in [0.5, 0.6) is 0 Å². The van der Waals surface area contributed by atoms with Crippen LogP contribution in [-0.4, -0.2) is 42.7 Å². The van der Waals surface area contributed by atoms with Gasteiger partial charge in [-0.1, -0.05) is 18.9 Å². The summed E-state index contributed by atoms with van der Waals surface area (Å²) < 4.78 is 0. The van der Waals surface area contributed by atoms with E-state index in [1.807, 2.05) is 42.9 Å². The Morgan fingerprint density at radius 2 is 2.18 bits per heavy atom. The van der Waals surface area contributed by atoms with Gasteiger partial charge in [0.05, 0.1) is 0 Å². The second-order valence-corrected chi connectivity index (χ2v) is 6.95. The molecule has 2 atom stereocenters. The Balaban J connectivity index is 1.87. The van der Waals surface area contributed by atoms with Crippen LogP contribution in [-0.2, 0) is 6.54 Å². The number of nitrogens with one attached hydrogen (secondary N) is 2. The van der Waals surface area contributed by atoms with Gasteiger partial charge in [0.15, 0.2) is 0 Å². The molecule has 6 heteroatoms. The minimum Gasteiger partial charge on any atom is -0.362 e. The van der Waals surface area contributed by atoms with Crippen LogP contribution in [0.3, 0.4) is 0 Å². The Morgan fingerprint density at radius 1 is 1.41 bits per heavy atom. The predicted molar refractivity (Wildman–Crippen MR) is 93.5 cm³/mol. The van der Waals surface area contributed by atoms with Crippen molar-refractivity contribution in [2.45, 2.75) is 43.5 Å². The first-order chi connectivity index (χ1) is 10.6. The lowest BCUT2D eigenvalue weighted by atomic mass is 9.95. The molecule has 2 N–H and O–H groups in total. The number of anilines is 1. The zero-order valence-electron chi connectivity index (χ0n) is 13.6. The quantitative estimate of drug-likeness (QED) is 0.875. The monoisotopic (exact) mass is 322 g/mol. The van der Waals surface area contributed by atoms with Crippen LogP contribution in [0.2, 0.25) is 0 Å². The van der Waals surface area contributed by atoms with Gasteiger partial charge in [-0.25, -0.2) is 9.78 Å². The summed E-state index contributed by atoms with van der Waals surface area (Å²) >= 11 is 1.86. The van der Waals surface area contributed by atoms with E-state index in [0.29, 0.717) is 11.8 Å². The summed E-state index contributed by atoms with van der Waals surface area (Å²) in [6.45, 7) is 0.490. The number of amides is 2. The van der Waals surface area contributed by atoms with Crippen molar-refractivity contribution >= 4 is 23.6 Å². The van der Waals surface area contributed by atoms with Crippen molar-refractivity contribution in [1.29, 1.82) is 0 Å². The first-order valence-corrected chi connectivity index (χ1v) is 9.09. The van der Waals surface area contributed by atoms with Crippen LogP contribution in [0, 0.1) is 0 Å². The largest absolute Gasteiger partial charge is 0.362 e. The number of carbonyl (C=O) groups is 1. The number of pyridine rings is 1. The summed E-state index contributed by atoms with van der Waals surface area (Å²) in [6.07, 6.45) is 8.64. The highest BCUT2D eigenvalue weighted by atomic mass is 32.2. The molecule has 0 aromatic carbocycles. The van der Waals surface area contributed by atoms with Crippen LogP contribution >= 0.6 is 11.8 Å². The van der Waals surface area contributed by atoms with E-state index in [4.69, 9.17) is 0 Å². The van der Waals surface area contributed by atoms with Crippen molar-refractivity contribution < 1.29 is 4.79 Å². The molecule has 0 bridgehead atoms. The van der Waals surface area contributed by atoms with E-state index in [1.54, 1.807) is 6.20 Å². The maximum absolute atomic E-state index is 12.2. The fraction of sp³-hybridized carbons (Fsp3) is 0.625. The van der Waals surface area contributed by atoms with Crippen LogP contribution in [0.1, 0.15) is 31.2 Å². The van der Waals surface area contributed by atoms with Gasteiger partial charge in [0.25, 0.3) is 0 Å². The maximum atomic E-state index is 12.2. The number of thioether (sulfide) groups is 1. The first-order valence-electron chi connectivity index (χ1n) is 7.80. The summed E-state index contributed by atoms with van der Waals surface area (Å²) in [4.78, 5) is 18.5. The minimum absolute atomic E-state index is 0.0838. The second-order valence-electron chi connectivity index (χ2n) is 5.87. The van der Waals surface area contributed by atoms with E-state index in [-0.39, 0.29) is 12.1 Å². The molecule has 1 heterocycles. The fourth-order valence-corrected chi connectivity index (χ4v) is 3.84. The summed E-state index contributed by atoms with van der Waals surface area (Å²) in [5, 5.41) is 6.63. The van der Waals surface area contributed by atoms with Crippen molar-refractivity contribution in [1.82, 2.24) is 15.6 Å². The van der Waals surface area contributed by atoms with Crippen molar-refractivity contribution in [2.24, 2.45) is 0 Å². The Bertz CT molecular complexity index is 495. The molecule has 1 aromatic rings. The summed E-state index contributed by atoms with van der Waals surface area (Å²) in [7, 11) is 3.91. The van der Waals surface area contributed by atoms with Gasteiger partial charge in [0.1, 0.15) is 5.82 Å². The van der Waals surface area contributed by atoms with Gasteiger partial charge in [0.2, 0.25) is 0 Å². The predicted octanol–water partition coefficient (Wildman–Crippen LogP) is 2.62. The van der Waals surface area contributed by atoms with E-state index < -0.39 is 0 Å². The number of urea groups is 1. The van der Waals surface area contributed by atoms with Crippen LogP contribution < -0.4 is 15.5 Å². The van der Waals surface area contributed by atoms with E-state index in [1.165, 1.54) is 19.3 Å². The van der Waals surface area contributed by atoms with Gasteiger partial charge in [-0.3, -0.25) is 0 Å². The molecule has 1 fully saturated rings. The molecule has 1 aromatic heterocycles. The molecule has 0 aliphatic heterocycles. The Hall–Kier alpha value is -1.43. The molecular weight excluding hydrogens is 296 g/mol. The topological polar surface area (TPSA) is 57.3 Å². The Kier molecular flexibility index (Phi) is 6.36. The average Bonchev–Trinajstić information content (AvgIpc) is 2.53. The van der Waals surface area contributed by atoms with Crippen molar-refractivity contribution in [3.05, 3.63) is 23.9 Å². The molecule has 5 nitrogen and oxygen atoms in total. The van der Waals surface area contributed by atoms with E-state index in [2.05, 4.69) is 21.9 Å². The molecular formula is C16H26N4OS. The lowest BCUT2D eigenvalue weighted by Gasteiger charge is -2.31. The SMILES string of the molecule is CS[C@H]1CCCC[C@H]1NC(=O)NCc1cccnc1N(C)C. The number of carbonyl (C=O) groups excluding carboxylic acids is 1. The zero-order valence-corrected chi connectivity index (χ0v) is 14.4. The summed E-state index contributed by atoms with van der Waals surface area (Å²) in [5.41, 5.74) is 1.02. The average molecular weight is 322 g/mol. The molecule has 1 aliphatic rings. The van der Waals surface area contributed by atoms with Gasteiger partial charge >= 0.3 is 6.03 Å². The Labute approximate surface area is 137 Å². The van der Waals surface area contributed by atoms with Crippen LogP contribution in [0.25, 0.3) is 0 Å². The third-order valence-electron chi connectivity index (χ3n) is 4.05. The lowest BCUT2D eigenvalue weighted by molar-refractivity contribution is 0.233. The maximum Gasteiger partial charge on any atom is 0.315 e. The first kappa shape index (κ1) is 16.9. The highest BCUT2D eigenvalue weighted by Crippen LogP contribution is 2.27. The number of hydrogen-bond acceptors (Lipinski definition) is 4. The molecule has 0 spiro atoms. The zero-order chi connectivity index (χ0) is 15.9. The lowest BCUT2D eigenvalue weighted by Crippen LogP contribution is -2.47. The number of rotatable bonds is 5. The molecule has 2 amide bonds. The molecule has 2 rings (SSSR count).